The molecule has 0 atom stereocenters. The number of hydrogen-bond donors (Lipinski definition) is 1. The molecule has 1 aromatic rings. The number of hydrogen-bond acceptors (Lipinski definition) is 5. The molecule has 2 aliphatic rings. The predicted molar refractivity (Wildman–Crippen MR) is 91.6 cm³/mol. The zero-order valence-corrected chi connectivity index (χ0v) is 14.9. The van der Waals surface area contributed by atoms with Crippen LogP contribution in [0, 0.1) is 0 Å². The third kappa shape index (κ3) is 3.68. The molecule has 1 N–H and O–H groups in total. The number of carbonyl (C=O) groups excluding carboxylic acids is 2. The highest BCUT2D eigenvalue weighted by Gasteiger charge is 2.32. The van der Waals surface area contributed by atoms with E-state index in [9.17, 15) is 18.0 Å². The number of carbonyl (C=O) groups is 2. The molecule has 0 aliphatic carbocycles. The minimum absolute atomic E-state index is 0.0656. The molecule has 8 nitrogen and oxygen atoms in total. The maximum atomic E-state index is 12.7. The molecule has 1 saturated heterocycles. The SMILES string of the molecule is O=C1CCC(C(=O)N2CCN(S(=O)(=O)c3ccccc3Cl)CC2)=NN1. The quantitative estimate of drug-likeness (QED) is 0.817. The number of amides is 2. The summed E-state index contributed by atoms with van der Waals surface area (Å²) >= 11 is 6.00. The Hall–Kier alpha value is -1.97. The number of nitrogens with zero attached hydrogens (tertiary/aromatic N) is 3. The standard InChI is InChI=1S/C15H17ClN4O4S/c16-11-3-1-2-4-13(11)25(23,24)20-9-7-19(8-10-20)15(22)12-5-6-14(21)18-17-12/h1-4H,5-10H2,(H,18,21). The van der Waals surface area contributed by atoms with Crippen LogP contribution in [-0.2, 0) is 19.6 Å². The van der Waals surface area contributed by atoms with E-state index in [1.807, 2.05) is 0 Å². The third-order valence-corrected chi connectivity index (χ3v) is 6.53. The van der Waals surface area contributed by atoms with E-state index in [1.165, 1.54) is 16.4 Å². The summed E-state index contributed by atoms with van der Waals surface area (Å²) in [6.07, 6.45) is 0.522. The van der Waals surface area contributed by atoms with Crippen LogP contribution in [0.15, 0.2) is 34.3 Å². The first-order chi connectivity index (χ1) is 11.9. The summed E-state index contributed by atoms with van der Waals surface area (Å²) in [5.74, 6) is -0.484. The number of halogens is 1. The van der Waals surface area contributed by atoms with Crippen molar-refractivity contribution < 1.29 is 18.0 Å². The Morgan fingerprint density at radius 1 is 1.12 bits per heavy atom. The molecular formula is C15H17ClN4O4S. The molecule has 1 aromatic carbocycles. The highest BCUT2D eigenvalue weighted by Crippen LogP contribution is 2.25. The Balaban J connectivity index is 1.67. The average Bonchev–Trinajstić information content (AvgIpc) is 2.62. The second-order valence-electron chi connectivity index (χ2n) is 5.72. The number of sulfonamides is 1. The van der Waals surface area contributed by atoms with Gasteiger partial charge in [0.05, 0.1) is 5.02 Å². The van der Waals surface area contributed by atoms with Crippen LogP contribution in [0.3, 0.4) is 0 Å². The lowest BCUT2D eigenvalue weighted by molar-refractivity contribution is -0.125. The number of nitrogens with one attached hydrogen (secondary N) is 1. The lowest BCUT2D eigenvalue weighted by Crippen LogP contribution is -2.52. The van der Waals surface area contributed by atoms with Crippen LogP contribution in [0.25, 0.3) is 0 Å². The van der Waals surface area contributed by atoms with Gasteiger partial charge >= 0.3 is 0 Å². The molecule has 0 spiro atoms. The number of piperazine rings is 1. The van der Waals surface area contributed by atoms with Gasteiger partial charge in [-0.15, -0.1) is 0 Å². The molecule has 3 rings (SSSR count). The van der Waals surface area contributed by atoms with Gasteiger partial charge in [-0.1, -0.05) is 23.7 Å². The predicted octanol–water partition coefficient (Wildman–Crippen LogP) is 0.439. The molecule has 10 heteroatoms. The largest absolute Gasteiger partial charge is 0.335 e. The van der Waals surface area contributed by atoms with Crippen molar-refractivity contribution in [1.82, 2.24) is 14.6 Å². The molecule has 25 heavy (non-hydrogen) atoms. The van der Waals surface area contributed by atoms with Gasteiger partial charge in [0.2, 0.25) is 15.9 Å². The summed E-state index contributed by atoms with van der Waals surface area (Å²) in [6, 6.07) is 6.29. The molecule has 0 aromatic heterocycles. The third-order valence-electron chi connectivity index (χ3n) is 4.13. The monoisotopic (exact) mass is 384 g/mol. The van der Waals surface area contributed by atoms with Gasteiger partial charge in [0.1, 0.15) is 10.6 Å². The van der Waals surface area contributed by atoms with Gasteiger partial charge in [0, 0.05) is 39.0 Å². The van der Waals surface area contributed by atoms with E-state index in [1.54, 1.807) is 17.0 Å². The van der Waals surface area contributed by atoms with Crippen LogP contribution in [0.1, 0.15) is 12.8 Å². The molecule has 0 radical (unpaired) electrons. The van der Waals surface area contributed by atoms with Gasteiger partial charge < -0.3 is 4.90 Å². The van der Waals surface area contributed by atoms with Crippen molar-refractivity contribution >= 4 is 39.2 Å². The molecular weight excluding hydrogens is 368 g/mol. The number of rotatable bonds is 3. The van der Waals surface area contributed by atoms with Crippen molar-refractivity contribution in [1.29, 1.82) is 0 Å². The van der Waals surface area contributed by atoms with E-state index in [2.05, 4.69) is 10.5 Å². The smallest absolute Gasteiger partial charge is 0.270 e. The normalized spacial score (nSPS) is 19.3. The first-order valence-corrected chi connectivity index (χ1v) is 9.61. The van der Waals surface area contributed by atoms with Crippen molar-refractivity contribution in [3.8, 4) is 0 Å². The summed E-state index contributed by atoms with van der Waals surface area (Å²) < 4.78 is 26.7. The summed E-state index contributed by atoms with van der Waals surface area (Å²) in [6.45, 7) is 0.878. The van der Waals surface area contributed by atoms with Crippen LogP contribution in [0.2, 0.25) is 5.02 Å². The Labute approximate surface area is 150 Å². The zero-order chi connectivity index (χ0) is 18.0. The number of benzene rings is 1. The molecule has 2 heterocycles. The first-order valence-electron chi connectivity index (χ1n) is 7.79. The van der Waals surface area contributed by atoms with Gasteiger partial charge in [0.25, 0.3) is 5.91 Å². The lowest BCUT2D eigenvalue weighted by Gasteiger charge is -2.34. The molecule has 1 fully saturated rings. The molecule has 134 valence electrons. The number of hydrazone groups is 1. The van der Waals surface area contributed by atoms with Crippen molar-refractivity contribution in [2.24, 2.45) is 5.10 Å². The van der Waals surface area contributed by atoms with E-state index in [4.69, 9.17) is 11.6 Å². The highest BCUT2D eigenvalue weighted by molar-refractivity contribution is 7.89. The van der Waals surface area contributed by atoms with E-state index in [0.717, 1.165) is 0 Å². The van der Waals surface area contributed by atoms with Crippen molar-refractivity contribution in [3.63, 3.8) is 0 Å². The van der Waals surface area contributed by atoms with Crippen molar-refractivity contribution in [2.45, 2.75) is 17.7 Å². The summed E-state index contributed by atoms with van der Waals surface area (Å²) in [4.78, 5) is 25.1. The summed E-state index contributed by atoms with van der Waals surface area (Å²) in [7, 11) is -3.70. The van der Waals surface area contributed by atoms with E-state index < -0.39 is 10.0 Å². The Kier molecular flexibility index (Phi) is 5.07. The fourth-order valence-corrected chi connectivity index (χ4v) is 4.65. The minimum Gasteiger partial charge on any atom is -0.335 e. The van der Waals surface area contributed by atoms with Crippen molar-refractivity contribution in [3.05, 3.63) is 29.3 Å². The average molecular weight is 385 g/mol. The summed E-state index contributed by atoms with van der Waals surface area (Å²) in [5, 5.41) is 3.96. The molecule has 2 amide bonds. The molecule has 0 bridgehead atoms. The Morgan fingerprint density at radius 2 is 1.80 bits per heavy atom. The van der Waals surface area contributed by atoms with Gasteiger partial charge in [-0.25, -0.2) is 13.8 Å². The Bertz CT molecular complexity index is 832. The maximum absolute atomic E-state index is 12.7. The topological polar surface area (TPSA) is 99.2 Å². The molecule has 2 aliphatic heterocycles. The van der Waals surface area contributed by atoms with Crippen molar-refractivity contribution in [2.75, 3.05) is 26.2 Å². The fraction of sp³-hybridized carbons (Fsp3) is 0.400. The van der Waals surface area contributed by atoms with Crippen LogP contribution in [0.5, 0.6) is 0 Å². The van der Waals surface area contributed by atoms with Gasteiger partial charge in [-0.2, -0.15) is 9.41 Å². The zero-order valence-electron chi connectivity index (χ0n) is 13.3. The second kappa shape index (κ2) is 7.11. The highest BCUT2D eigenvalue weighted by atomic mass is 35.5. The maximum Gasteiger partial charge on any atom is 0.270 e. The van der Waals surface area contributed by atoms with Crippen LogP contribution < -0.4 is 5.43 Å². The second-order valence-corrected chi connectivity index (χ2v) is 8.03. The van der Waals surface area contributed by atoms with E-state index in [0.29, 0.717) is 12.1 Å². The van der Waals surface area contributed by atoms with Crippen LogP contribution >= 0.6 is 11.6 Å². The first kappa shape index (κ1) is 17.8. The molecule has 0 saturated carbocycles. The fourth-order valence-electron chi connectivity index (χ4n) is 2.74. The van der Waals surface area contributed by atoms with E-state index >= 15 is 0 Å². The summed E-state index contributed by atoms with van der Waals surface area (Å²) in [5.41, 5.74) is 2.59. The van der Waals surface area contributed by atoms with Crippen LogP contribution in [-0.4, -0.2) is 61.3 Å². The van der Waals surface area contributed by atoms with Gasteiger partial charge in [-0.05, 0) is 12.1 Å². The lowest BCUT2D eigenvalue weighted by atomic mass is 10.1. The Morgan fingerprint density at radius 3 is 2.40 bits per heavy atom. The van der Waals surface area contributed by atoms with E-state index in [-0.39, 0.29) is 54.3 Å². The van der Waals surface area contributed by atoms with Crippen LogP contribution in [0.4, 0.5) is 0 Å². The van der Waals surface area contributed by atoms with Gasteiger partial charge in [0.15, 0.2) is 0 Å². The molecule has 0 unspecified atom stereocenters. The van der Waals surface area contributed by atoms with Gasteiger partial charge in [-0.3, -0.25) is 9.59 Å². The minimum atomic E-state index is -3.70.